The number of carbonyl (C=O) groups excluding carboxylic acids is 1. The number of amides is 1. The number of aryl methyl sites for hydroxylation is 1. The van der Waals surface area contributed by atoms with Gasteiger partial charge in [0.15, 0.2) is 5.76 Å². The maximum absolute atomic E-state index is 12.5. The first-order chi connectivity index (χ1) is 14.3. The highest BCUT2D eigenvalue weighted by molar-refractivity contribution is 9.11. The number of hydrazone groups is 1. The second-order valence-corrected chi connectivity index (χ2v) is 8.91. The minimum absolute atomic E-state index is 0.183. The van der Waals surface area contributed by atoms with Crippen molar-refractivity contribution in [3.8, 4) is 5.69 Å². The fraction of sp³-hybridized carbons (Fsp3) is 0.0909. The molecular weight excluding hydrogens is 534 g/mol. The summed E-state index contributed by atoms with van der Waals surface area (Å²) in [6, 6.07) is 15.1. The zero-order valence-corrected chi connectivity index (χ0v) is 20.0. The fourth-order valence-electron chi connectivity index (χ4n) is 3.33. The maximum Gasteiger partial charge on any atom is 0.307 e. The number of para-hydroxylation sites is 1. The molecule has 0 aliphatic heterocycles. The molecule has 4 rings (SSSR count). The molecule has 2 heterocycles. The van der Waals surface area contributed by atoms with E-state index in [1.165, 1.54) is 0 Å². The zero-order chi connectivity index (χ0) is 21.4. The van der Waals surface area contributed by atoms with Gasteiger partial charge in [-0.15, -0.1) is 0 Å². The minimum atomic E-state index is -0.426. The smallest absolute Gasteiger partial charge is 0.307 e. The molecule has 0 radical (unpaired) electrons. The second-order valence-electron chi connectivity index (χ2n) is 6.73. The molecule has 2 aromatic heterocycles. The number of furan rings is 1. The van der Waals surface area contributed by atoms with E-state index in [9.17, 15) is 4.79 Å². The summed E-state index contributed by atoms with van der Waals surface area (Å²) in [6.45, 7) is 3.98. The van der Waals surface area contributed by atoms with Crippen molar-refractivity contribution in [3.63, 3.8) is 0 Å². The van der Waals surface area contributed by atoms with Crippen molar-refractivity contribution in [1.29, 1.82) is 0 Å². The molecule has 0 unspecified atom stereocenters. The van der Waals surface area contributed by atoms with Crippen molar-refractivity contribution >= 4 is 66.6 Å². The van der Waals surface area contributed by atoms with Gasteiger partial charge >= 0.3 is 5.91 Å². The molecule has 0 fully saturated rings. The third kappa shape index (κ3) is 3.97. The standard InChI is InChI=1S/C22H16Br2ClN3O2/c1-12-7-15(13(2)28(12)19-6-4-3-5-18(19)25)11-26-27-22(29)20-9-14-8-16(23)10-17(24)21(14)30-20/h3-11H,1-2H3,(H,27,29)/b26-11-. The Kier molecular flexibility index (Phi) is 5.86. The SMILES string of the molecule is Cc1cc(/C=N\NC(=O)c2cc3cc(Br)cc(Br)c3o2)c(C)n1-c1ccccc1Cl. The van der Waals surface area contributed by atoms with Gasteiger partial charge in [-0.05, 0) is 66.2 Å². The van der Waals surface area contributed by atoms with Gasteiger partial charge in [-0.3, -0.25) is 4.79 Å². The number of hydrogen-bond acceptors (Lipinski definition) is 3. The summed E-state index contributed by atoms with van der Waals surface area (Å²) in [7, 11) is 0. The highest BCUT2D eigenvalue weighted by Gasteiger charge is 2.15. The van der Waals surface area contributed by atoms with Crippen molar-refractivity contribution in [2.45, 2.75) is 13.8 Å². The number of halogens is 3. The average Bonchev–Trinajstić information content (AvgIpc) is 3.24. The predicted octanol–water partition coefficient (Wildman–Crippen LogP) is 6.78. The van der Waals surface area contributed by atoms with Crippen LogP contribution in [-0.2, 0) is 0 Å². The quantitative estimate of drug-likeness (QED) is 0.225. The predicted molar refractivity (Wildman–Crippen MR) is 127 cm³/mol. The van der Waals surface area contributed by atoms with E-state index in [-0.39, 0.29) is 5.76 Å². The number of hydrogen-bond donors (Lipinski definition) is 1. The molecule has 0 spiro atoms. The van der Waals surface area contributed by atoms with Crippen molar-refractivity contribution in [2.24, 2.45) is 5.10 Å². The van der Waals surface area contributed by atoms with Crippen LogP contribution < -0.4 is 5.43 Å². The van der Waals surface area contributed by atoms with Gasteiger partial charge in [-0.25, -0.2) is 5.43 Å². The van der Waals surface area contributed by atoms with Gasteiger partial charge in [0.2, 0.25) is 0 Å². The molecule has 0 bridgehead atoms. The molecule has 152 valence electrons. The van der Waals surface area contributed by atoms with Crippen LogP contribution in [-0.4, -0.2) is 16.7 Å². The number of nitrogens with one attached hydrogen (secondary N) is 1. The van der Waals surface area contributed by atoms with Gasteiger partial charge in [-0.1, -0.05) is 39.7 Å². The molecule has 2 aromatic carbocycles. The van der Waals surface area contributed by atoms with Gasteiger partial charge < -0.3 is 8.98 Å². The zero-order valence-electron chi connectivity index (χ0n) is 16.0. The number of aromatic nitrogens is 1. The highest BCUT2D eigenvalue weighted by atomic mass is 79.9. The van der Waals surface area contributed by atoms with E-state index in [4.69, 9.17) is 16.0 Å². The van der Waals surface area contributed by atoms with E-state index < -0.39 is 5.91 Å². The number of fused-ring (bicyclic) bond motifs is 1. The molecule has 0 aliphatic rings. The first kappa shape index (κ1) is 20.9. The van der Waals surface area contributed by atoms with Crippen LogP contribution in [0.5, 0.6) is 0 Å². The van der Waals surface area contributed by atoms with E-state index in [0.717, 1.165) is 37.0 Å². The number of benzene rings is 2. The summed E-state index contributed by atoms with van der Waals surface area (Å²) in [5.41, 5.74) is 6.89. The number of rotatable bonds is 4. The second kappa shape index (κ2) is 8.41. The molecule has 0 atom stereocenters. The Balaban J connectivity index is 1.55. The Morgan fingerprint density at radius 1 is 1.17 bits per heavy atom. The lowest BCUT2D eigenvalue weighted by Gasteiger charge is -2.11. The van der Waals surface area contributed by atoms with Crippen LogP contribution >= 0.6 is 43.5 Å². The molecule has 0 saturated heterocycles. The van der Waals surface area contributed by atoms with Crippen LogP contribution in [0.15, 0.2) is 67.0 Å². The lowest BCUT2D eigenvalue weighted by Crippen LogP contribution is -2.16. The van der Waals surface area contributed by atoms with Crippen molar-refractivity contribution in [2.75, 3.05) is 0 Å². The molecule has 0 saturated carbocycles. The van der Waals surface area contributed by atoms with Crippen molar-refractivity contribution < 1.29 is 9.21 Å². The molecule has 8 heteroatoms. The Bertz CT molecular complexity index is 1310. The minimum Gasteiger partial charge on any atom is -0.450 e. The van der Waals surface area contributed by atoms with Crippen LogP contribution in [0, 0.1) is 13.8 Å². The van der Waals surface area contributed by atoms with E-state index in [1.807, 2.05) is 56.3 Å². The molecule has 1 N–H and O–H groups in total. The first-order valence-corrected chi connectivity index (χ1v) is 11.0. The molecule has 0 aliphatic carbocycles. The van der Waals surface area contributed by atoms with Crippen molar-refractivity contribution in [3.05, 3.63) is 85.2 Å². The summed E-state index contributed by atoms with van der Waals surface area (Å²) >= 11 is 13.2. The fourth-order valence-corrected chi connectivity index (χ4v) is 4.88. The third-order valence-corrected chi connectivity index (χ3v) is 6.06. The number of carbonyl (C=O) groups is 1. The Morgan fingerprint density at radius 2 is 1.93 bits per heavy atom. The lowest BCUT2D eigenvalue weighted by molar-refractivity contribution is 0.0929. The van der Waals surface area contributed by atoms with Crippen LogP contribution in [0.25, 0.3) is 16.7 Å². The van der Waals surface area contributed by atoms with Gasteiger partial charge in [0.1, 0.15) is 5.58 Å². The maximum atomic E-state index is 12.5. The van der Waals surface area contributed by atoms with E-state index in [1.54, 1.807) is 12.3 Å². The van der Waals surface area contributed by atoms with Crippen LogP contribution in [0.1, 0.15) is 27.5 Å². The average molecular weight is 550 g/mol. The summed E-state index contributed by atoms with van der Waals surface area (Å²) in [6.07, 6.45) is 1.61. The van der Waals surface area contributed by atoms with E-state index in [2.05, 4.69) is 47.0 Å². The Hall–Kier alpha value is -2.35. The van der Waals surface area contributed by atoms with E-state index in [0.29, 0.717) is 10.6 Å². The highest BCUT2D eigenvalue weighted by Crippen LogP contribution is 2.31. The third-order valence-electron chi connectivity index (χ3n) is 4.69. The molecular formula is C22H16Br2ClN3O2. The largest absolute Gasteiger partial charge is 0.450 e. The normalized spacial score (nSPS) is 11.5. The van der Waals surface area contributed by atoms with Gasteiger partial charge in [0.25, 0.3) is 0 Å². The molecule has 4 aromatic rings. The molecule has 5 nitrogen and oxygen atoms in total. The summed E-state index contributed by atoms with van der Waals surface area (Å²) in [5, 5.41) is 5.59. The van der Waals surface area contributed by atoms with Crippen LogP contribution in [0.3, 0.4) is 0 Å². The topological polar surface area (TPSA) is 59.5 Å². The van der Waals surface area contributed by atoms with Crippen LogP contribution in [0.4, 0.5) is 0 Å². The Morgan fingerprint density at radius 3 is 2.70 bits per heavy atom. The van der Waals surface area contributed by atoms with Gasteiger partial charge in [-0.2, -0.15) is 5.10 Å². The van der Waals surface area contributed by atoms with Crippen LogP contribution in [0.2, 0.25) is 5.02 Å². The Labute approximate surface area is 195 Å². The van der Waals surface area contributed by atoms with Gasteiger partial charge in [0.05, 0.1) is 21.4 Å². The summed E-state index contributed by atoms with van der Waals surface area (Å²) < 4.78 is 9.38. The monoisotopic (exact) mass is 547 g/mol. The van der Waals surface area contributed by atoms with Gasteiger partial charge in [0, 0.05) is 26.8 Å². The lowest BCUT2D eigenvalue weighted by atomic mass is 10.2. The first-order valence-electron chi connectivity index (χ1n) is 9.01. The van der Waals surface area contributed by atoms with Crippen molar-refractivity contribution in [1.82, 2.24) is 9.99 Å². The molecule has 30 heavy (non-hydrogen) atoms. The summed E-state index contributed by atoms with van der Waals surface area (Å²) in [5.74, 6) is -0.243. The van der Waals surface area contributed by atoms with E-state index >= 15 is 0 Å². The number of nitrogens with zero attached hydrogens (tertiary/aromatic N) is 2. The molecule has 1 amide bonds. The summed E-state index contributed by atoms with van der Waals surface area (Å²) in [4.78, 5) is 12.5.